The molecule has 2 heterocycles. The number of nitrogens with zero attached hydrogens (tertiary/aromatic N) is 3. The maximum Gasteiger partial charge on any atom is 0.133 e. The number of rotatable bonds is 2. The summed E-state index contributed by atoms with van der Waals surface area (Å²) in [4.78, 5) is 11.1. The molecule has 1 aliphatic rings. The Labute approximate surface area is 102 Å². The largest absolute Gasteiger partial charge is 0.300 e. The number of halogens is 1. The maximum absolute atomic E-state index is 5.96. The van der Waals surface area contributed by atoms with E-state index in [1.54, 1.807) is 0 Å². The van der Waals surface area contributed by atoms with Crippen LogP contribution in [0.2, 0.25) is 5.15 Å². The first-order valence-corrected chi connectivity index (χ1v) is 6.19. The second kappa shape index (κ2) is 4.68. The first-order chi connectivity index (χ1) is 7.56. The van der Waals surface area contributed by atoms with Crippen molar-refractivity contribution < 1.29 is 0 Å². The van der Waals surface area contributed by atoms with Crippen molar-refractivity contribution in [3.63, 3.8) is 0 Å². The zero-order valence-corrected chi connectivity index (χ0v) is 10.8. The molecule has 0 amide bonds. The number of aryl methyl sites for hydroxylation is 1. The summed E-state index contributed by atoms with van der Waals surface area (Å²) in [5.41, 5.74) is 1.10. The van der Waals surface area contributed by atoms with Crippen LogP contribution in [0.1, 0.15) is 37.7 Å². The van der Waals surface area contributed by atoms with Crippen LogP contribution in [-0.2, 0) is 0 Å². The fourth-order valence-corrected chi connectivity index (χ4v) is 2.49. The van der Waals surface area contributed by atoms with Gasteiger partial charge in [-0.25, -0.2) is 9.97 Å². The molecule has 0 aromatic carbocycles. The first-order valence-electron chi connectivity index (χ1n) is 5.81. The average molecular weight is 240 g/mol. The van der Waals surface area contributed by atoms with E-state index in [1.807, 2.05) is 13.0 Å². The lowest BCUT2D eigenvalue weighted by molar-refractivity contribution is 0.272. The van der Waals surface area contributed by atoms with Gasteiger partial charge in [-0.2, -0.15) is 0 Å². The minimum absolute atomic E-state index is 0.515. The molecule has 1 fully saturated rings. The summed E-state index contributed by atoms with van der Waals surface area (Å²) in [5, 5.41) is 0.561. The Morgan fingerprint density at radius 3 is 2.75 bits per heavy atom. The van der Waals surface area contributed by atoms with Gasteiger partial charge in [0.1, 0.15) is 11.0 Å². The molecule has 1 atom stereocenters. The standard InChI is InChI=1S/C12H18ClN3/c1-8(2)16-5-4-10(7-16)11-6-12(13)15-9(3)14-11/h6,8,10H,4-5,7H2,1-3H3. The van der Waals surface area contributed by atoms with Gasteiger partial charge < -0.3 is 4.90 Å². The second-order valence-electron chi connectivity index (χ2n) is 4.74. The Morgan fingerprint density at radius 2 is 2.19 bits per heavy atom. The average Bonchev–Trinajstić information content (AvgIpc) is 2.64. The van der Waals surface area contributed by atoms with Gasteiger partial charge >= 0.3 is 0 Å². The number of aromatic nitrogens is 2. The predicted octanol–water partition coefficient (Wildman–Crippen LogP) is 2.64. The van der Waals surface area contributed by atoms with E-state index in [4.69, 9.17) is 11.6 Å². The lowest BCUT2D eigenvalue weighted by atomic mass is 10.0. The van der Waals surface area contributed by atoms with E-state index in [9.17, 15) is 0 Å². The van der Waals surface area contributed by atoms with Gasteiger partial charge in [-0.1, -0.05) is 11.6 Å². The monoisotopic (exact) mass is 239 g/mol. The number of hydrogen-bond donors (Lipinski definition) is 0. The Hall–Kier alpha value is -0.670. The molecule has 0 spiro atoms. The summed E-state index contributed by atoms with van der Waals surface area (Å²) in [6, 6.07) is 2.52. The van der Waals surface area contributed by atoms with E-state index in [1.165, 1.54) is 6.42 Å². The smallest absolute Gasteiger partial charge is 0.133 e. The number of likely N-dealkylation sites (tertiary alicyclic amines) is 1. The van der Waals surface area contributed by atoms with E-state index in [2.05, 4.69) is 28.7 Å². The minimum atomic E-state index is 0.515. The quantitative estimate of drug-likeness (QED) is 0.743. The van der Waals surface area contributed by atoms with Crippen molar-refractivity contribution in [1.29, 1.82) is 0 Å². The van der Waals surface area contributed by atoms with Gasteiger partial charge in [-0.15, -0.1) is 0 Å². The summed E-state index contributed by atoms with van der Waals surface area (Å²) >= 11 is 5.96. The van der Waals surface area contributed by atoms with Crippen LogP contribution in [0.3, 0.4) is 0 Å². The minimum Gasteiger partial charge on any atom is -0.300 e. The van der Waals surface area contributed by atoms with Crippen molar-refractivity contribution >= 4 is 11.6 Å². The zero-order chi connectivity index (χ0) is 11.7. The summed E-state index contributed by atoms with van der Waals surface area (Å²) in [6.07, 6.45) is 1.17. The molecule has 0 radical (unpaired) electrons. The van der Waals surface area contributed by atoms with Gasteiger partial charge in [0, 0.05) is 24.2 Å². The maximum atomic E-state index is 5.96. The molecule has 1 aliphatic heterocycles. The van der Waals surface area contributed by atoms with Crippen LogP contribution in [0, 0.1) is 6.92 Å². The van der Waals surface area contributed by atoms with E-state index in [-0.39, 0.29) is 0 Å². The van der Waals surface area contributed by atoms with E-state index in [0.717, 1.165) is 24.6 Å². The third-order valence-electron chi connectivity index (χ3n) is 3.19. The zero-order valence-electron chi connectivity index (χ0n) is 10.1. The Morgan fingerprint density at radius 1 is 1.44 bits per heavy atom. The molecular formula is C12H18ClN3. The molecule has 1 unspecified atom stereocenters. The van der Waals surface area contributed by atoms with Crippen LogP contribution in [0.4, 0.5) is 0 Å². The van der Waals surface area contributed by atoms with Crippen molar-refractivity contribution in [3.05, 3.63) is 22.7 Å². The Balaban J connectivity index is 2.14. The molecule has 0 aliphatic carbocycles. The van der Waals surface area contributed by atoms with Crippen molar-refractivity contribution in [1.82, 2.24) is 14.9 Å². The third-order valence-corrected chi connectivity index (χ3v) is 3.39. The van der Waals surface area contributed by atoms with Crippen molar-refractivity contribution in [3.8, 4) is 0 Å². The van der Waals surface area contributed by atoms with Crippen molar-refractivity contribution in [2.45, 2.75) is 39.2 Å². The lowest BCUT2D eigenvalue weighted by Crippen LogP contribution is -2.28. The van der Waals surface area contributed by atoms with Crippen LogP contribution in [0.5, 0.6) is 0 Å². The first kappa shape index (κ1) is 11.8. The van der Waals surface area contributed by atoms with Crippen LogP contribution < -0.4 is 0 Å². The van der Waals surface area contributed by atoms with E-state index < -0.39 is 0 Å². The van der Waals surface area contributed by atoms with Crippen molar-refractivity contribution in [2.75, 3.05) is 13.1 Å². The fourth-order valence-electron chi connectivity index (χ4n) is 2.26. The molecule has 88 valence electrons. The lowest BCUT2D eigenvalue weighted by Gasteiger charge is -2.20. The highest BCUT2D eigenvalue weighted by Gasteiger charge is 2.26. The van der Waals surface area contributed by atoms with Gasteiger partial charge in [0.05, 0.1) is 0 Å². The molecule has 4 heteroatoms. The fraction of sp³-hybridized carbons (Fsp3) is 0.667. The molecule has 0 bridgehead atoms. The normalized spacial score (nSPS) is 21.9. The summed E-state index contributed by atoms with van der Waals surface area (Å²) in [6.45, 7) is 8.61. The van der Waals surface area contributed by atoms with Crippen LogP contribution in [0.25, 0.3) is 0 Å². The molecule has 2 rings (SSSR count). The summed E-state index contributed by atoms with van der Waals surface area (Å²) in [7, 11) is 0. The van der Waals surface area contributed by atoms with Crippen molar-refractivity contribution in [2.24, 2.45) is 0 Å². The Kier molecular flexibility index (Phi) is 3.45. The van der Waals surface area contributed by atoms with Crippen LogP contribution >= 0.6 is 11.6 Å². The molecule has 0 N–H and O–H groups in total. The topological polar surface area (TPSA) is 29.0 Å². The third kappa shape index (κ3) is 2.53. The van der Waals surface area contributed by atoms with Crippen LogP contribution in [-0.4, -0.2) is 34.0 Å². The number of hydrogen-bond acceptors (Lipinski definition) is 3. The highest BCUT2D eigenvalue weighted by atomic mass is 35.5. The van der Waals surface area contributed by atoms with E-state index in [0.29, 0.717) is 17.1 Å². The van der Waals surface area contributed by atoms with Gasteiger partial charge in [-0.05, 0) is 39.8 Å². The van der Waals surface area contributed by atoms with Crippen LogP contribution in [0.15, 0.2) is 6.07 Å². The summed E-state index contributed by atoms with van der Waals surface area (Å²) < 4.78 is 0. The van der Waals surface area contributed by atoms with E-state index >= 15 is 0 Å². The molecular weight excluding hydrogens is 222 g/mol. The molecule has 3 nitrogen and oxygen atoms in total. The SMILES string of the molecule is Cc1nc(Cl)cc(C2CCN(C(C)C)C2)n1. The van der Waals surface area contributed by atoms with Gasteiger partial charge in [0.25, 0.3) is 0 Å². The molecule has 1 saturated heterocycles. The highest BCUT2D eigenvalue weighted by molar-refractivity contribution is 6.29. The predicted molar refractivity (Wildman–Crippen MR) is 65.8 cm³/mol. The molecule has 1 aromatic rings. The highest BCUT2D eigenvalue weighted by Crippen LogP contribution is 2.28. The Bertz CT molecular complexity index is 358. The van der Waals surface area contributed by atoms with Gasteiger partial charge in [0.15, 0.2) is 0 Å². The molecule has 16 heavy (non-hydrogen) atoms. The van der Waals surface area contributed by atoms with Gasteiger partial charge in [0.2, 0.25) is 0 Å². The van der Waals surface area contributed by atoms with Gasteiger partial charge in [-0.3, -0.25) is 0 Å². The molecule has 0 saturated carbocycles. The molecule has 1 aromatic heterocycles. The summed E-state index contributed by atoms with van der Waals surface area (Å²) in [5.74, 6) is 1.28. The second-order valence-corrected chi connectivity index (χ2v) is 5.12.